The minimum Gasteiger partial charge on any atom is -0.351 e. The third-order valence-corrected chi connectivity index (χ3v) is 3.79. The van der Waals surface area contributed by atoms with E-state index in [4.69, 9.17) is 0 Å². The summed E-state index contributed by atoms with van der Waals surface area (Å²) in [6.45, 7) is 0. The van der Waals surface area contributed by atoms with Crippen molar-refractivity contribution in [2.75, 3.05) is 0 Å². The Morgan fingerprint density at radius 2 is 1.40 bits per heavy atom. The quantitative estimate of drug-likeness (QED) is 0.449. The third-order valence-electron chi connectivity index (χ3n) is 3.79. The van der Waals surface area contributed by atoms with Gasteiger partial charge < -0.3 is 9.97 Å². The van der Waals surface area contributed by atoms with Crippen molar-refractivity contribution >= 4 is 43.7 Å². The summed E-state index contributed by atoms with van der Waals surface area (Å²) in [6.07, 6.45) is 9.17. The van der Waals surface area contributed by atoms with E-state index in [0.717, 1.165) is 43.7 Å². The van der Waals surface area contributed by atoms with Crippen LogP contribution < -0.4 is 0 Å². The van der Waals surface area contributed by atoms with Crippen LogP contribution in [0.25, 0.3) is 43.7 Å². The highest BCUT2D eigenvalue weighted by Crippen LogP contribution is 2.32. The van der Waals surface area contributed by atoms with Crippen molar-refractivity contribution in [1.82, 2.24) is 24.9 Å². The maximum absolute atomic E-state index is 4.62. The zero-order valence-corrected chi connectivity index (χ0v) is 10.4. The average Bonchev–Trinajstić information content (AvgIpc) is 3.05. The Balaban J connectivity index is 2.10. The highest BCUT2D eigenvalue weighted by molar-refractivity contribution is 6.19. The van der Waals surface area contributed by atoms with Gasteiger partial charge in [-0.3, -0.25) is 15.0 Å². The van der Waals surface area contributed by atoms with E-state index in [2.05, 4.69) is 24.9 Å². The second-order valence-corrected chi connectivity index (χ2v) is 4.86. The normalized spacial score (nSPS) is 12.0. The molecular formula is C15H9N5. The smallest absolute Gasteiger partial charge is 0.0980 e. The van der Waals surface area contributed by atoms with Crippen molar-refractivity contribution in [2.45, 2.75) is 0 Å². The van der Waals surface area contributed by atoms with Crippen LogP contribution in [0.4, 0.5) is 0 Å². The lowest BCUT2D eigenvalue weighted by Gasteiger charge is -1.93. The molecule has 0 aromatic carbocycles. The number of pyridine rings is 3. The highest BCUT2D eigenvalue weighted by Gasteiger charge is 2.12. The van der Waals surface area contributed by atoms with Crippen molar-refractivity contribution in [1.29, 1.82) is 0 Å². The Morgan fingerprint density at radius 1 is 0.700 bits per heavy atom. The number of hydrogen-bond donors (Lipinski definition) is 2. The van der Waals surface area contributed by atoms with Gasteiger partial charge in [0.15, 0.2) is 0 Å². The molecule has 0 saturated heterocycles. The predicted molar refractivity (Wildman–Crippen MR) is 78.6 cm³/mol. The SMILES string of the molecule is c1cc2c(cn1)[nH]c1c2cnc2c3ccncc3[nH]c21. The molecule has 0 fully saturated rings. The molecule has 5 rings (SSSR count). The van der Waals surface area contributed by atoms with E-state index in [9.17, 15) is 0 Å². The van der Waals surface area contributed by atoms with Crippen LogP contribution in [0.2, 0.25) is 0 Å². The molecule has 0 spiro atoms. The molecule has 0 aliphatic rings. The third kappa shape index (κ3) is 1.10. The van der Waals surface area contributed by atoms with Gasteiger partial charge in [-0.25, -0.2) is 0 Å². The molecule has 5 nitrogen and oxygen atoms in total. The van der Waals surface area contributed by atoms with E-state index in [1.54, 1.807) is 12.4 Å². The van der Waals surface area contributed by atoms with Gasteiger partial charge in [-0.05, 0) is 12.1 Å². The van der Waals surface area contributed by atoms with Crippen LogP contribution in [-0.2, 0) is 0 Å². The topological polar surface area (TPSA) is 70.2 Å². The fraction of sp³-hybridized carbons (Fsp3) is 0. The molecule has 0 radical (unpaired) electrons. The second-order valence-electron chi connectivity index (χ2n) is 4.86. The summed E-state index contributed by atoms with van der Waals surface area (Å²) in [7, 11) is 0. The summed E-state index contributed by atoms with van der Waals surface area (Å²) in [5.41, 5.74) is 5.07. The van der Waals surface area contributed by atoms with Gasteiger partial charge in [-0.15, -0.1) is 0 Å². The van der Waals surface area contributed by atoms with E-state index in [0.29, 0.717) is 0 Å². The molecule has 5 heteroatoms. The van der Waals surface area contributed by atoms with Gasteiger partial charge in [0.25, 0.3) is 0 Å². The fourth-order valence-corrected chi connectivity index (χ4v) is 2.87. The summed E-state index contributed by atoms with van der Waals surface area (Å²) in [5, 5.41) is 3.34. The minimum absolute atomic E-state index is 0.967. The van der Waals surface area contributed by atoms with Gasteiger partial charge in [-0.1, -0.05) is 0 Å². The van der Waals surface area contributed by atoms with Crippen molar-refractivity contribution in [2.24, 2.45) is 0 Å². The Morgan fingerprint density at radius 3 is 2.25 bits per heavy atom. The molecule has 2 N–H and O–H groups in total. The minimum atomic E-state index is 0.967. The zero-order valence-electron chi connectivity index (χ0n) is 10.4. The maximum Gasteiger partial charge on any atom is 0.0980 e. The Hall–Kier alpha value is -2.95. The van der Waals surface area contributed by atoms with Crippen LogP contribution in [0.3, 0.4) is 0 Å². The van der Waals surface area contributed by atoms with E-state index in [1.807, 2.05) is 30.7 Å². The molecule has 20 heavy (non-hydrogen) atoms. The van der Waals surface area contributed by atoms with Crippen LogP contribution >= 0.6 is 0 Å². The maximum atomic E-state index is 4.62. The first-order chi connectivity index (χ1) is 9.92. The number of rotatable bonds is 0. The van der Waals surface area contributed by atoms with Crippen LogP contribution in [0.15, 0.2) is 43.1 Å². The number of H-pyrrole nitrogens is 2. The lowest BCUT2D eigenvalue weighted by Crippen LogP contribution is -1.77. The lowest BCUT2D eigenvalue weighted by atomic mass is 10.2. The first kappa shape index (κ1) is 9.91. The molecule has 5 aromatic rings. The van der Waals surface area contributed by atoms with Crippen molar-refractivity contribution < 1.29 is 0 Å². The zero-order chi connectivity index (χ0) is 13.1. The summed E-state index contributed by atoms with van der Waals surface area (Å²) in [5.74, 6) is 0. The highest BCUT2D eigenvalue weighted by atomic mass is 14.8. The molecule has 94 valence electrons. The van der Waals surface area contributed by atoms with Crippen LogP contribution in [0.5, 0.6) is 0 Å². The van der Waals surface area contributed by atoms with E-state index in [1.165, 1.54) is 0 Å². The largest absolute Gasteiger partial charge is 0.351 e. The fourth-order valence-electron chi connectivity index (χ4n) is 2.87. The summed E-state index contributed by atoms with van der Waals surface area (Å²) >= 11 is 0. The number of hydrogen-bond acceptors (Lipinski definition) is 3. The van der Waals surface area contributed by atoms with Gasteiger partial charge >= 0.3 is 0 Å². The number of aromatic nitrogens is 5. The molecule has 0 amide bonds. The molecule has 0 bridgehead atoms. The molecule has 5 heterocycles. The monoisotopic (exact) mass is 259 g/mol. The van der Waals surface area contributed by atoms with Gasteiger partial charge in [0.1, 0.15) is 0 Å². The van der Waals surface area contributed by atoms with Gasteiger partial charge in [0.2, 0.25) is 0 Å². The Labute approximate surface area is 112 Å². The van der Waals surface area contributed by atoms with Crippen LogP contribution in [-0.4, -0.2) is 24.9 Å². The summed E-state index contributed by atoms with van der Waals surface area (Å²) < 4.78 is 0. The molecule has 0 saturated carbocycles. The summed E-state index contributed by atoms with van der Waals surface area (Å²) in [6, 6.07) is 3.99. The van der Waals surface area contributed by atoms with Gasteiger partial charge in [-0.2, -0.15) is 0 Å². The predicted octanol–water partition coefficient (Wildman–Crippen LogP) is 3.14. The standard InChI is InChI=1S/C15H9N5/c1-3-16-6-11-8(1)10-5-18-13-9-2-4-17-7-12(9)20-15(13)14(10)19-11/h1-7,19-20H. The number of nitrogens with one attached hydrogen (secondary N) is 2. The van der Waals surface area contributed by atoms with Crippen LogP contribution in [0.1, 0.15) is 0 Å². The Kier molecular flexibility index (Phi) is 1.65. The molecule has 0 atom stereocenters. The lowest BCUT2D eigenvalue weighted by molar-refractivity contribution is 1.34. The van der Waals surface area contributed by atoms with Gasteiger partial charge in [0.05, 0.1) is 40.0 Å². The van der Waals surface area contributed by atoms with E-state index in [-0.39, 0.29) is 0 Å². The van der Waals surface area contributed by atoms with E-state index < -0.39 is 0 Å². The molecule has 0 aliphatic heterocycles. The summed E-state index contributed by atoms with van der Waals surface area (Å²) in [4.78, 5) is 19.8. The molecule has 0 unspecified atom stereocenters. The first-order valence-corrected chi connectivity index (χ1v) is 6.37. The second kappa shape index (κ2) is 3.33. The van der Waals surface area contributed by atoms with E-state index >= 15 is 0 Å². The van der Waals surface area contributed by atoms with Crippen molar-refractivity contribution in [3.8, 4) is 0 Å². The van der Waals surface area contributed by atoms with Gasteiger partial charge in [0, 0.05) is 34.7 Å². The Bertz CT molecular complexity index is 1010. The van der Waals surface area contributed by atoms with Crippen LogP contribution in [0, 0.1) is 0 Å². The molecule has 5 aromatic heterocycles. The average molecular weight is 259 g/mol. The first-order valence-electron chi connectivity index (χ1n) is 6.37. The number of nitrogens with zero attached hydrogens (tertiary/aromatic N) is 3. The van der Waals surface area contributed by atoms with Crippen molar-refractivity contribution in [3.63, 3.8) is 0 Å². The number of fused-ring (bicyclic) bond motifs is 7. The number of aromatic amines is 2. The molecular weight excluding hydrogens is 250 g/mol. The van der Waals surface area contributed by atoms with Crippen molar-refractivity contribution in [3.05, 3.63) is 43.1 Å². The molecule has 0 aliphatic carbocycles.